The molecule has 1 saturated heterocycles. The van der Waals surface area contributed by atoms with Gasteiger partial charge in [-0.25, -0.2) is 0 Å². The monoisotopic (exact) mass is 547 g/mol. The number of rotatable bonds is 10. The smallest absolute Gasteiger partial charge is 0.234 e. The highest BCUT2D eigenvalue weighted by atomic mass is 127. The largest absolute Gasteiger partial charge is 0.357 e. The van der Waals surface area contributed by atoms with Gasteiger partial charge >= 0.3 is 0 Å². The van der Waals surface area contributed by atoms with E-state index in [1.165, 1.54) is 4.90 Å². The van der Waals surface area contributed by atoms with Gasteiger partial charge in [0.1, 0.15) is 0 Å². The molecule has 1 unspecified atom stereocenters. The number of hydrogen-bond acceptors (Lipinski definition) is 4. The Morgan fingerprint density at radius 2 is 1.90 bits per heavy atom. The molecule has 1 aromatic carbocycles. The van der Waals surface area contributed by atoms with Gasteiger partial charge in [0.25, 0.3) is 0 Å². The van der Waals surface area contributed by atoms with Gasteiger partial charge in [-0.1, -0.05) is 32.0 Å². The van der Waals surface area contributed by atoms with E-state index in [0.717, 1.165) is 57.9 Å². The molecule has 1 atom stereocenters. The van der Waals surface area contributed by atoms with Gasteiger partial charge < -0.3 is 16.0 Å². The number of thioether (sulfide) groups is 1. The van der Waals surface area contributed by atoms with E-state index in [4.69, 9.17) is 4.99 Å². The third kappa shape index (κ3) is 10.9. The Hall–Kier alpha value is -1.000. The number of aliphatic imine (C=N–C) groups is 1. The molecule has 8 heteroatoms. The van der Waals surface area contributed by atoms with E-state index in [-0.39, 0.29) is 29.9 Å². The second kappa shape index (κ2) is 15.8. The molecule has 0 saturated carbocycles. The second-order valence-electron chi connectivity index (χ2n) is 7.51. The Morgan fingerprint density at radius 3 is 2.53 bits per heavy atom. The molecule has 0 bridgehead atoms. The normalized spacial score (nSPS) is 16.4. The Bertz CT molecular complexity index is 623. The molecule has 0 aromatic heterocycles. The molecule has 1 amide bonds. The van der Waals surface area contributed by atoms with Gasteiger partial charge in [-0.3, -0.25) is 14.7 Å². The van der Waals surface area contributed by atoms with Crippen molar-refractivity contribution >= 4 is 47.6 Å². The van der Waals surface area contributed by atoms with Gasteiger partial charge in [-0.2, -0.15) is 0 Å². The molecule has 0 aliphatic carbocycles. The first kappa shape index (κ1) is 27.0. The van der Waals surface area contributed by atoms with Crippen LogP contribution >= 0.6 is 35.7 Å². The SMILES string of the molecule is CCCNC(=O)CN1CCC(NC(=NCC(C)Sc2ccccc2)NCC)CC1.I. The lowest BCUT2D eigenvalue weighted by Crippen LogP contribution is -2.50. The fraction of sp³-hybridized carbons (Fsp3) is 0.636. The van der Waals surface area contributed by atoms with E-state index >= 15 is 0 Å². The number of hydrogen-bond donors (Lipinski definition) is 3. The fourth-order valence-corrected chi connectivity index (χ4v) is 4.19. The summed E-state index contributed by atoms with van der Waals surface area (Å²) < 4.78 is 0. The quantitative estimate of drug-likeness (QED) is 0.182. The highest BCUT2D eigenvalue weighted by Gasteiger charge is 2.21. The Labute approximate surface area is 203 Å². The lowest BCUT2D eigenvalue weighted by Gasteiger charge is -2.32. The molecule has 1 aromatic rings. The van der Waals surface area contributed by atoms with Crippen molar-refractivity contribution in [3.63, 3.8) is 0 Å². The van der Waals surface area contributed by atoms with Gasteiger partial charge in [0.15, 0.2) is 5.96 Å². The second-order valence-corrected chi connectivity index (χ2v) is 9.02. The van der Waals surface area contributed by atoms with Crippen molar-refractivity contribution in [1.29, 1.82) is 0 Å². The number of nitrogens with zero attached hydrogens (tertiary/aromatic N) is 2. The Kier molecular flexibility index (Phi) is 14.2. The van der Waals surface area contributed by atoms with Crippen LogP contribution in [0.15, 0.2) is 40.2 Å². The van der Waals surface area contributed by atoms with Crippen LogP contribution in [-0.2, 0) is 4.79 Å². The van der Waals surface area contributed by atoms with Crippen LogP contribution in [0, 0.1) is 0 Å². The minimum atomic E-state index is 0. The van der Waals surface area contributed by atoms with Crippen LogP contribution in [-0.4, -0.2) is 67.3 Å². The van der Waals surface area contributed by atoms with Crippen molar-refractivity contribution in [3.05, 3.63) is 30.3 Å². The molecule has 6 nitrogen and oxygen atoms in total. The van der Waals surface area contributed by atoms with Crippen molar-refractivity contribution in [2.75, 3.05) is 39.3 Å². The minimum absolute atomic E-state index is 0. The van der Waals surface area contributed by atoms with E-state index in [0.29, 0.717) is 17.8 Å². The molecule has 1 aliphatic rings. The molecular weight excluding hydrogens is 509 g/mol. The number of guanidine groups is 1. The molecule has 0 radical (unpaired) electrons. The Morgan fingerprint density at radius 1 is 1.20 bits per heavy atom. The van der Waals surface area contributed by atoms with E-state index in [2.05, 4.69) is 65.9 Å². The number of amides is 1. The fourth-order valence-electron chi connectivity index (χ4n) is 3.26. The topological polar surface area (TPSA) is 68.8 Å². The summed E-state index contributed by atoms with van der Waals surface area (Å²) in [5.74, 6) is 1.03. The van der Waals surface area contributed by atoms with E-state index in [9.17, 15) is 4.79 Å². The summed E-state index contributed by atoms with van der Waals surface area (Å²) in [6, 6.07) is 10.9. The molecule has 1 heterocycles. The molecular formula is C22H38IN5OS. The first-order valence-electron chi connectivity index (χ1n) is 10.9. The minimum Gasteiger partial charge on any atom is -0.357 e. The molecule has 1 fully saturated rings. The number of likely N-dealkylation sites (tertiary alicyclic amines) is 1. The zero-order valence-corrected chi connectivity index (χ0v) is 21.7. The molecule has 0 spiro atoms. The van der Waals surface area contributed by atoms with Crippen molar-refractivity contribution in [2.45, 2.75) is 56.2 Å². The summed E-state index contributed by atoms with van der Waals surface area (Å²) in [5, 5.41) is 10.3. The van der Waals surface area contributed by atoms with Crippen molar-refractivity contribution in [1.82, 2.24) is 20.9 Å². The predicted molar refractivity (Wildman–Crippen MR) is 139 cm³/mol. The van der Waals surface area contributed by atoms with Gasteiger partial charge in [-0.05, 0) is 38.3 Å². The molecule has 30 heavy (non-hydrogen) atoms. The maximum Gasteiger partial charge on any atom is 0.234 e. The summed E-state index contributed by atoms with van der Waals surface area (Å²) in [5.41, 5.74) is 0. The summed E-state index contributed by atoms with van der Waals surface area (Å²) in [6.45, 7) is 11.2. The van der Waals surface area contributed by atoms with Crippen molar-refractivity contribution < 1.29 is 4.79 Å². The maximum atomic E-state index is 11.9. The summed E-state index contributed by atoms with van der Waals surface area (Å²) in [7, 11) is 0. The number of carbonyl (C=O) groups excluding carboxylic acids is 1. The number of halogens is 1. The zero-order chi connectivity index (χ0) is 20.9. The number of carbonyl (C=O) groups is 1. The third-order valence-corrected chi connectivity index (χ3v) is 5.89. The average molecular weight is 548 g/mol. The molecule has 170 valence electrons. The zero-order valence-electron chi connectivity index (χ0n) is 18.5. The van der Waals surface area contributed by atoms with Crippen LogP contribution in [0.25, 0.3) is 0 Å². The van der Waals surface area contributed by atoms with Gasteiger partial charge in [0.05, 0.1) is 13.1 Å². The molecule has 3 N–H and O–H groups in total. The average Bonchev–Trinajstić information content (AvgIpc) is 2.73. The van der Waals surface area contributed by atoms with E-state index in [1.807, 2.05) is 17.8 Å². The van der Waals surface area contributed by atoms with Crippen LogP contribution in [0.3, 0.4) is 0 Å². The first-order chi connectivity index (χ1) is 14.1. The number of nitrogens with one attached hydrogen (secondary N) is 3. The van der Waals surface area contributed by atoms with Gasteiger partial charge in [-0.15, -0.1) is 35.7 Å². The summed E-state index contributed by atoms with van der Waals surface area (Å²) in [4.78, 5) is 20.2. The first-order valence-corrected chi connectivity index (χ1v) is 11.7. The third-order valence-electron chi connectivity index (χ3n) is 4.80. The summed E-state index contributed by atoms with van der Waals surface area (Å²) >= 11 is 1.85. The summed E-state index contributed by atoms with van der Waals surface area (Å²) in [6.07, 6.45) is 3.03. The van der Waals surface area contributed by atoms with Crippen LogP contribution in [0.2, 0.25) is 0 Å². The molecule has 2 rings (SSSR count). The predicted octanol–water partition coefficient (Wildman–Crippen LogP) is 3.33. The van der Waals surface area contributed by atoms with Gasteiger partial charge in [0.2, 0.25) is 5.91 Å². The van der Waals surface area contributed by atoms with E-state index in [1.54, 1.807) is 0 Å². The standard InChI is InChI=1S/C22H37N5OS.HI/c1-4-13-24-21(28)17-27-14-11-19(12-15-27)26-22(23-5-2)25-16-18(3)29-20-9-7-6-8-10-20;/h6-10,18-19H,4-5,11-17H2,1-3H3,(H,24,28)(H2,23,25,26);1H. The van der Waals surface area contributed by atoms with Crippen LogP contribution in [0.4, 0.5) is 0 Å². The highest BCUT2D eigenvalue weighted by Crippen LogP contribution is 2.22. The van der Waals surface area contributed by atoms with Crippen LogP contribution < -0.4 is 16.0 Å². The Balaban J connectivity index is 0.00000450. The van der Waals surface area contributed by atoms with Crippen LogP contribution in [0.5, 0.6) is 0 Å². The molecule has 1 aliphatic heterocycles. The lowest BCUT2D eigenvalue weighted by molar-refractivity contribution is -0.122. The van der Waals surface area contributed by atoms with Crippen molar-refractivity contribution in [3.8, 4) is 0 Å². The van der Waals surface area contributed by atoms with E-state index < -0.39 is 0 Å². The van der Waals surface area contributed by atoms with Gasteiger partial charge in [0, 0.05) is 42.4 Å². The van der Waals surface area contributed by atoms with Crippen molar-refractivity contribution in [2.24, 2.45) is 4.99 Å². The lowest BCUT2D eigenvalue weighted by atomic mass is 10.1. The maximum absolute atomic E-state index is 11.9. The number of piperidine rings is 1. The highest BCUT2D eigenvalue weighted by molar-refractivity contribution is 14.0. The van der Waals surface area contributed by atoms with Crippen LogP contribution in [0.1, 0.15) is 40.0 Å². The number of benzene rings is 1.